The van der Waals surface area contributed by atoms with Crippen LogP contribution in [-0.4, -0.2) is 22.1 Å². The lowest BCUT2D eigenvalue weighted by atomic mass is 10.3. The number of amides is 1. The topological polar surface area (TPSA) is 74.8 Å². The summed E-state index contributed by atoms with van der Waals surface area (Å²) in [5.74, 6) is -0.403. The normalized spacial score (nSPS) is 10.1. The number of hydrogen-bond acceptors (Lipinski definition) is 4. The Balaban J connectivity index is 2.18. The quantitative estimate of drug-likeness (QED) is 0.825. The fraction of sp³-hybridized carbons (Fsp3) is 0.0833. The van der Waals surface area contributed by atoms with Crippen molar-refractivity contribution in [2.75, 3.05) is 11.6 Å². The van der Waals surface area contributed by atoms with Crippen molar-refractivity contribution in [1.29, 1.82) is 0 Å². The maximum absolute atomic E-state index is 11.8. The van der Waals surface area contributed by atoms with E-state index in [-0.39, 0.29) is 11.3 Å². The van der Waals surface area contributed by atoms with Gasteiger partial charge < -0.3 is 10.3 Å². The Labute approximate surface area is 108 Å². The van der Waals surface area contributed by atoms with Crippen LogP contribution in [0.4, 0.5) is 5.69 Å². The number of nitrogens with zero attached hydrogens (tertiary/aromatic N) is 1. The van der Waals surface area contributed by atoms with Gasteiger partial charge in [0.25, 0.3) is 11.5 Å². The molecule has 0 aliphatic rings. The summed E-state index contributed by atoms with van der Waals surface area (Å²) in [7, 11) is 0. The average molecular weight is 261 g/mol. The molecule has 0 radical (unpaired) electrons. The van der Waals surface area contributed by atoms with Crippen molar-refractivity contribution in [3.63, 3.8) is 0 Å². The molecule has 0 fully saturated rings. The summed E-state index contributed by atoms with van der Waals surface area (Å²) in [4.78, 5) is 30.1. The zero-order chi connectivity index (χ0) is 13.0. The van der Waals surface area contributed by atoms with E-state index in [1.54, 1.807) is 17.8 Å². The molecular formula is C12H11N3O2S. The first-order chi connectivity index (χ1) is 8.69. The smallest absolute Gasteiger partial charge is 0.274 e. The average Bonchev–Trinajstić information content (AvgIpc) is 2.39. The van der Waals surface area contributed by atoms with E-state index in [1.165, 1.54) is 6.33 Å². The van der Waals surface area contributed by atoms with Gasteiger partial charge in [0.2, 0.25) is 0 Å². The van der Waals surface area contributed by atoms with Gasteiger partial charge in [-0.25, -0.2) is 4.98 Å². The van der Waals surface area contributed by atoms with E-state index < -0.39 is 5.91 Å². The lowest BCUT2D eigenvalue weighted by molar-refractivity contribution is 0.102. The van der Waals surface area contributed by atoms with Crippen molar-refractivity contribution < 1.29 is 4.79 Å². The zero-order valence-electron chi connectivity index (χ0n) is 9.64. The molecule has 0 spiro atoms. The summed E-state index contributed by atoms with van der Waals surface area (Å²) in [5, 5.41) is 2.69. The van der Waals surface area contributed by atoms with Crippen LogP contribution in [0.5, 0.6) is 0 Å². The van der Waals surface area contributed by atoms with Crippen LogP contribution >= 0.6 is 11.8 Å². The highest BCUT2D eigenvalue weighted by molar-refractivity contribution is 7.98. The summed E-state index contributed by atoms with van der Waals surface area (Å²) in [6.45, 7) is 0. The number of carbonyl (C=O) groups excluding carboxylic acids is 1. The van der Waals surface area contributed by atoms with Gasteiger partial charge in [0.05, 0.1) is 6.33 Å². The van der Waals surface area contributed by atoms with Crippen LogP contribution in [0, 0.1) is 0 Å². The highest BCUT2D eigenvalue weighted by Crippen LogP contribution is 2.19. The molecule has 1 aromatic heterocycles. The van der Waals surface area contributed by atoms with Crippen LogP contribution in [0.2, 0.25) is 0 Å². The Bertz CT molecular complexity index is 624. The van der Waals surface area contributed by atoms with Gasteiger partial charge in [-0.15, -0.1) is 11.8 Å². The number of nitrogens with one attached hydrogen (secondary N) is 2. The van der Waals surface area contributed by atoms with Gasteiger partial charge in [0.15, 0.2) is 0 Å². The van der Waals surface area contributed by atoms with Crippen molar-refractivity contribution in [2.24, 2.45) is 0 Å². The molecule has 0 aliphatic carbocycles. The molecule has 0 unspecified atom stereocenters. The molecule has 1 heterocycles. The standard InChI is InChI=1S/C12H11N3O2S/c1-18-9-4-2-3-8(5-9)15-12(17)10-6-11(16)14-7-13-10/h2-7H,1H3,(H,15,17)(H,13,14,16). The van der Waals surface area contributed by atoms with Crippen molar-refractivity contribution >= 4 is 23.4 Å². The predicted octanol–water partition coefficient (Wildman–Crippen LogP) is 1.74. The fourth-order valence-electron chi connectivity index (χ4n) is 1.39. The van der Waals surface area contributed by atoms with Crippen LogP contribution in [-0.2, 0) is 0 Å². The Morgan fingerprint density at radius 1 is 1.39 bits per heavy atom. The number of anilines is 1. The van der Waals surface area contributed by atoms with Crippen molar-refractivity contribution in [3.05, 3.63) is 52.7 Å². The molecule has 2 rings (SSSR count). The number of thioether (sulfide) groups is 1. The number of H-pyrrole nitrogens is 1. The number of rotatable bonds is 3. The molecule has 0 aliphatic heterocycles. The molecule has 0 atom stereocenters. The second kappa shape index (κ2) is 5.50. The Hall–Kier alpha value is -2.08. The summed E-state index contributed by atoms with van der Waals surface area (Å²) >= 11 is 1.59. The Morgan fingerprint density at radius 2 is 2.22 bits per heavy atom. The fourth-order valence-corrected chi connectivity index (χ4v) is 1.85. The lowest BCUT2D eigenvalue weighted by Crippen LogP contribution is -2.17. The van der Waals surface area contributed by atoms with E-state index in [9.17, 15) is 9.59 Å². The summed E-state index contributed by atoms with van der Waals surface area (Å²) < 4.78 is 0. The molecule has 5 nitrogen and oxygen atoms in total. The van der Waals surface area contributed by atoms with Crippen LogP contribution in [0.1, 0.15) is 10.5 Å². The molecular weight excluding hydrogens is 250 g/mol. The summed E-state index contributed by atoms with van der Waals surface area (Å²) in [6.07, 6.45) is 3.16. The van der Waals surface area contributed by atoms with E-state index in [1.807, 2.05) is 24.5 Å². The highest BCUT2D eigenvalue weighted by Gasteiger charge is 2.08. The van der Waals surface area contributed by atoms with Gasteiger partial charge in [-0.1, -0.05) is 6.07 Å². The van der Waals surface area contributed by atoms with Crippen LogP contribution < -0.4 is 10.9 Å². The number of benzene rings is 1. The van der Waals surface area contributed by atoms with Crippen molar-refractivity contribution in [3.8, 4) is 0 Å². The molecule has 2 aromatic rings. The SMILES string of the molecule is CSc1cccc(NC(=O)c2cc(=O)[nH]cn2)c1. The highest BCUT2D eigenvalue weighted by atomic mass is 32.2. The van der Waals surface area contributed by atoms with Crippen molar-refractivity contribution in [2.45, 2.75) is 4.90 Å². The van der Waals surface area contributed by atoms with Gasteiger partial charge in [0, 0.05) is 16.6 Å². The minimum atomic E-state index is -0.403. The molecule has 1 amide bonds. The third kappa shape index (κ3) is 2.98. The monoisotopic (exact) mass is 261 g/mol. The maximum atomic E-state index is 11.8. The number of hydrogen-bond donors (Lipinski definition) is 2. The second-order valence-corrected chi connectivity index (χ2v) is 4.36. The van der Waals surface area contributed by atoms with Crippen molar-refractivity contribution in [1.82, 2.24) is 9.97 Å². The van der Waals surface area contributed by atoms with Gasteiger partial charge in [-0.05, 0) is 24.5 Å². The third-order valence-corrected chi connectivity index (χ3v) is 2.96. The number of aromatic amines is 1. The summed E-state index contributed by atoms with van der Waals surface area (Å²) in [6, 6.07) is 8.60. The van der Waals surface area contributed by atoms with Crippen LogP contribution in [0.25, 0.3) is 0 Å². The van der Waals surface area contributed by atoms with E-state index >= 15 is 0 Å². The number of carbonyl (C=O) groups is 1. The van der Waals surface area contributed by atoms with Gasteiger partial charge in [-0.2, -0.15) is 0 Å². The van der Waals surface area contributed by atoms with Crippen LogP contribution in [0.15, 0.2) is 46.3 Å². The van der Waals surface area contributed by atoms with Gasteiger partial charge in [0.1, 0.15) is 5.69 Å². The zero-order valence-corrected chi connectivity index (χ0v) is 10.5. The lowest BCUT2D eigenvalue weighted by Gasteiger charge is -2.05. The van der Waals surface area contributed by atoms with E-state index in [2.05, 4.69) is 15.3 Å². The maximum Gasteiger partial charge on any atom is 0.274 e. The Morgan fingerprint density at radius 3 is 2.94 bits per heavy atom. The first-order valence-corrected chi connectivity index (χ1v) is 6.41. The minimum absolute atomic E-state index is 0.0910. The Kier molecular flexibility index (Phi) is 3.78. The van der Waals surface area contributed by atoms with Gasteiger partial charge >= 0.3 is 0 Å². The molecule has 1 aromatic carbocycles. The number of aromatic nitrogens is 2. The largest absolute Gasteiger partial charge is 0.321 e. The van der Waals surface area contributed by atoms with E-state index in [0.717, 1.165) is 11.0 Å². The minimum Gasteiger partial charge on any atom is -0.321 e. The second-order valence-electron chi connectivity index (χ2n) is 3.48. The first-order valence-electron chi connectivity index (χ1n) is 5.19. The molecule has 6 heteroatoms. The molecule has 0 bridgehead atoms. The van der Waals surface area contributed by atoms with Gasteiger partial charge in [-0.3, -0.25) is 9.59 Å². The molecule has 0 saturated heterocycles. The molecule has 18 heavy (non-hydrogen) atoms. The molecule has 2 N–H and O–H groups in total. The third-order valence-electron chi connectivity index (χ3n) is 2.24. The van der Waals surface area contributed by atoms with E-state index in [0.29, 0.717) is 5.69 Å². The molecule has 92 valence electrons. The van der Waals surface area contributed by atoms with E-state index in [4.69, 9.17) is 0 Å². The predicted molar refractivity (Wildman–Crippen MR) is 71.0 cm³/mol. The van der Waals surface area contributed by atoms with Crippen LogP contribution in [0.3, 0.4) is 0 Å². The molecule has 0 saturated carbocycles. The summed E-state index contributed by atoms with van der Waals surface area (Å²) in [5.41, 5.74) is 0.412. The first kappa shape index (κ1) is 12.4.